The third kappa shape index (κ3) is 4.42. The van der Waals surface area contributed by atoms with Crippen LogP contribution in [0.5, 0.6) is 0 Å². The molecule has 0 radical (unpaired) electrons. The van der Waals surface area contributed by atoms with Crippen LogP contribution >= 0.6 is 0 Å². The lowest BCUT2D eigenvalue weighted by Crippen LogP contribution is -2.26. The Hall–Kier alpha value is -2.37. The number of rotatable bonds is 6. The molecule has 0 aromatic rings. The number of ether oxygens (including phenoxy) is 2. The van der Waals surface area contributed by atoms with E-state index in [0.29, 0.717) is 0 Å². The molecule has 0 aromatic heterocycles. The molecule has 1 atom stereocenters. The number of carbonyl (C=O) groups is 3. The van der Waals surface area contributed by atoms with Crippen molar-refractivity contribution in [3.05, 3.63) is 36.5 Å². The summed E-state index contributed by atoms with van der Waals surface area (Å²) in [6.07, 6.45) is 5.92. The first-order chi connectivity index (χ1) is 9.06. The average molecular weight is 266 g/mol. The van der Waals surface area contributed by atoms with Crippen LogP contribution in [0, 0.1) is 5.92 Å². The van der Waals surface area contributed by atoms with Gasteiger partial charge in [0.05, 0.1) is 11.5 Å². The normalized spacial score (nSPS) is 17.3. The van der Waals surface area contributed by atoms with E-state index in [2.05, 4.69) is 11.3 Å². The van der Waals surface area contributed by atoms with E-state index in [1.165, 1.54) is 6.08 Å². The largest absolute Gasteiger partial charge is 0.478 e. The highest BCUT2D eigenvalue weighted by Crippen LogP contribution is 2.22. The quantitative estimate of drug-likeness (QED) is 0.435. The monoisotopic (exact) mass is 266 g/mol. The van der Waals surface area contributed by atoms with Crippen LogP contribution in [0.2, 0.25) is 0 Å². The van der Waals surface area contributed by atoms with Gasteiger partial charge in [0.1, 0.15) is 13.2 Å². The fourth-order valence-electron chi connectivity index (χ4n) is 1.52. The van der Waals surface area contributed by atoms with E-state index in [4.69, 9.17) is 9.84 Å². The summed E-state index contributed by atoms with van der Waals surface area (Å²) in [5.41, 5.74) is -0.00409. The molecule has 0 fully saturated rings. The van der Waals surface area contributed by atoms with Crippen molar-refractivity contribution in [1.82, 2.24) is 0 Å². The summed E-state index contributed by atoms with van der Waals surface area (Å²) >= 11 is 0. The Bertz CT molecular complexity index is 446. The zero-order chi connectivity index (χ0) is 14.3. The number of aliphatic carboxylic acids is 1. The fourth-order valence-corrected chi connectivity index (χ4v) is 1.52. The van der Waals surface area contributed by atoms with Gasteiger partial charge in [0, 0.05) is 6.08 Å². The molecule has 102 valence electrons. The second kappa shape index (κ2) is 7.15. The SMILES string of the molecule is C=CC(=O)OCCOC(=O)C1CC=CC=C1C(=O)O. The minimum absolute atomic E-state index is 0.00409. The van der Waals surface area contributed by atoms with Gasteiger partial charge in [-0.3, -0.25) is 4.79 Å². The van der Waals surface area contributed by atoms with E-state index in [0.717, 1.165) is 6.08 Å². The van der Waals surface area contributed by atoms with Crippen molar-refractivity contribution in [2.45, 2.75) is 6.42 Å². The van der Waals surface area contributed by atoms with Crippen molar-refractivity contribution in [2.75, 3.05) is 13.2 Å². The zero-order valence-electron chi connectivity index (χ0n) is 10.2. The molecule has 0 bridgehead atoms. The van der Waals surface area contributed by atoms with Gasteiger partial charge in [0.25, 0.3) is 0 Å². The van der Waals surface area contributed by atoms with E-state index in [1.54, 1.807) is 12.2 Å². The van der Waals surface area contributed by atoms with Crippen LogP contribution in [0.15, 0.2) is 36.5 Å². The summed E-state index contributed by atoms with van der Waals surface area (Å²) in [5.74, 6) is -3.22. The van der Waals surface area contributed by atoms with E-state index in [9.17, 15) is 14.4 Å². The summed E-state index contributed by atoms with van der Waals surface area (Å²) in [7, 11) is 0. The number of carbonyl (C=O) groups excluding carboxylic acids is 2. The van der Waals surface area contributed by atoms with E-state index >= 15 is 0 Å². The molecular formula is C13H14O6. The van der Waals surface area contributed by atoms with Crippen LogP contribution in [-0.2, 0) is 23.9 Å². The highest BCUT2D eigenvalue weighted by atomic mass is 16.6. The van der Waals surface area contributed by atoms with Crippen LogP contribution in [0.1, 0.15) is 6.42 Å². The first-order valence-corrected chi connectivity index (χ1v) is 5.62. The molecule has 0 saturated carbocycles. The molecule has 1 aliphatic rings. The van der Waals surface area contributed by atoms with Crippen LogP contribution in [0.25, 0.3) is 0 Å². The molecule has 1 rings (SSSR count). The second-order valence-electron chi connectivity index (χ2n) is 3.68. The topological polar surface area (TPSA) is 89.9 Å². The predicted octanol–water partition coefficient (Wildman–Crippen LogP) is 0.846. The van der Waals surface area contributed by atoms with Crippen molar-refractivity contribution >= 4 is 17.9 Å². The second-order valence-corrected chi connectivity index (χ2v) is 3.68. The number of carboxylic acids is 1. The van der Waals surface area contributed by atoms with Crippen LogP contribution in [0.4, 0.5) is 0 Å². The number of carboxylic acid groups (broad SMARTS) is 1. The minimum Gasteiger partial charge on any atom is -0.478 e. The molecule has 0 spiro atoms. The minimum atomic E-state index is -1.15. The Morgan fingerprint density at radius 1 is 1.37 bits per heavy atom. The van der Waals surface area contributed by atoms with Gasteiger partial charge in [-0.2, -0.15) is 0 Å². The number of allylic oxidation sites excluding steroid dienone is 3. The molecule has 0 saturated heterocycles. The first-order valence-electron chi connectivity index (χ1n) is 5.62. The summed E-state index contributed by atoms with van der Waals surface area (Å²) < 4.78 is 9.49. The van der Waals surface area contributed by atoms with Crippen molar-refractivity contribution in [1.29, 1.82) is 0 Å². The third-order valence-corrected chi connectivity index (χ3v) is 2.43. The summed E-state index contributed by atoms with van der Waals surface area (Å²) in [6, 6.07) is 0. The first kappa shape index (κ1) is 14.7. The molecule has 1 N–H and O–H groups in total. The van der Waals surface area contributed by atoms with Crippen molar-refractivity contribution in [3.8, 4) is 0 Å². The van der Waals surface area contributed by atoms with Gasteiger partial charge < -0.3 is 14.6 Å². The molecule has 19 heavy (non-hydrogen) atoms. The summed E-state index contributed by atoms with van der Waals surface area (Å²) in [5, 5.41) is 8.94. The molecule has 6 nitrogen and oxygen atoms in total. The highest BCUT2D eigenvalue weighted by Gasteiger charge is 2.29. The molecule has 1 unspecified atom stereocenters. The lowest BCUT2D eigenvalue weighted by atomic mass is 9.92. The molecule has 0 heterocycles. The van der Waals surface area contributed by atoms with Crippen molar-refractivity contribution in [3.63, 3.8) is 0 Å². The maximum Gasteiger partial charge on any atom is 0.332 e. The summed E-state index contributed by atoms with van der Waals surface area (Å²) in [6.45, 7) is 3.00. The van der Waals surface area contributed by atoms with Crippen LogP contribution < -0.4 is 0 Å². The Morgan fingerprint density at radius 2 is 2.05 bits per heavy atom. The van der Waals surface area contributed by atoms with Crippen LogP contribution in [0.3, 0.4) is 0 Å². The van der Waals surface area contributed by atoms with Gasteiger partial charge >= 0.3 is 17.9 Å². The average Bonchev–Trinajstić information content (AvgIpc) is 2.42. The van der Waals surface area contributed by atoms with Gasteiger partial charge in [0.2, 0.25) is 0 Å². The molecule has 0 amide bonds. The Morgan fingerprint density at radius 3 is 2.68 bits per heavy atom. The number of hydrogen-bond acceptors (Lipinski definition) is 5. The Kier molecular flexibility index (Phi) is 5.53. The van der Waals surface area contributed by atoms with E-state index in [1.807, 2.05) is 0 Å². The number of esters is 2. The molecule has 0 aromatic carbocycles. The lowest BCUT2D eigenvalue weighted by molar-refractivity contribution is -0.153. The predicted molar refractivity (Wildman–Crippen MR) is 65.1 cm³/mol. The van der Waals surface area contributed by atoms with Crippen LogP contribution in [-0.4, -0.2) is 36.2 Å². The summed E-state index contributed by atoms with van der Waals surface area (Å²) in [4.78, 5) is 33.4. The Labute approximate surface area is 110 Å². The lowest BCUT2D eigenvalue weighted by Gasteiger charge is -2.17. The van der Waals surface area contributed by atoms with Gasteiger partial charge in [-0.05, 0) is 6.42 Å². The zero-order valence-corrected chi connectivity index (χ0v) is 10.2. The number of hydrogen-bond donors (Lipinski definition) is 1. The van der Waals surface area contributed by atoms with E-state index in [-0.39, 0.29) is 25.2 Å². The van der Waals surface area contributed by atoms with Gasteiger partial charge in [-0.15, -0.1) is 0 Å². The Balaban J connectivity index is 2.43. The van der Waals surface area contributed by atoms with Gasteiger partial charge in [-0.25, -0.2) is 9.59 Å². The molecule has 6 heteroatoms. The maximum absolute atomic E-state index is 11.7. The third-order valence-electron chi connectivity index (χ3n) is 2.43. The van der Waals surface area contributed by atoms with Gasteiger partial charge in [-0.1, -0.05) is 24.8 Å². The highest BCUT2D eigenvalue weighted by molar-refractivity contribution is 5.95. The molecule has 0 aliphatic heterocycles. The van der Waals surface area contributed by atoms with Crippen molar-refractivity contribution in [2.24, 2.45) is 5.92 Å². The smallest absolute Gasteiger partial charge is 0.332 e. The molecule has 1 aliphatic carbocycles. The maximum atomic E-state index is 11.7. The van der Waals surface area contributed by atoms with E-state index < -0.39 is 23.8 Å². The standard InChI is InChI=1S/C13H14O6/c1-2-11(14)18-7-8-19-13(17)10-6-4-3-5-9(10)12(15)16/h2-5,10H,1,6-8H2,(H,15,16). The fraction of sp³-hybridized carbons (Fsp3) is 0.308. The van der Waals surface area contributed by atoms with Gasteiger partial charge in [0.15, 0.2) is 0 Å². The molecular weight excluding hydrogens is 252 g/mol. The van der Waals surface area contributed by atoms with Crippen molar-refractivity contribution < 1.29 is 29.0 Å².